The molecular formula is C30H27F5N2O4. The summed E-state index contributed by atoms with van der Waals surface area (Å²) < 4.78 is 77.5. The Kier molecular flexibility index (Phi) is 6.48. The standard InChI is InChI=1S/C30H27F5N2O4/c1-29(40)4-6-37(7-5-29)17-2-3-18(24(32)11-17)19-9-16(23(31)12-22(19)30(33,34)35)14-41-25-10-15-8-20-26(21(15)13-36-25)27(20)28(38)39/h2-3,9-13,20,26-27,40H,4-8,14H2,1H3,(H,38,39)/t20-,26-,27+/m1/s1. The zero-order valence-electron chi connectivity index (χ0n) is 22.0. The van der Waals surface area contributed by atoms with Gasteiger partial charge >= 0.3 is 12.1 Å². The van der Waals surface area contributed by atoms with E-state index in [-0.39, 0.29) is 28.8 Å². The molecule has 0 unspecified atom stereocenters. The van der Waals surface area contributed by atoms with E-state index in [4.69, 9.17) is 4.74 Å². The number of carboxylic acids is 1. The molecule has 2 aliphatic carbocycles. The summed E-state index contributed by atoms with van der Waals surface area (Å²) in [5.74, 6) is -3.22. The molecule has 1 aliphatic heterocycles. The minimum atomic E-state index is -4.94. The second-order valence-corrected chi connectivity index (χ2v) is 11.4. The van der Waals surface area contributed by atoms with Gasteiger partial charge in [-0.15, -0.1) is 0 Å². The van der Waals surface area contributed by atoms with E-state index in [0.717, 1.165) is 23.3 Å². The molecule has 0 bridgehead atoms. The van der Waals surface area contributed by atoms with Crippen LogP contribution in [-0.2, 0) is 24.0 Å². The minimum absolute atomic E-state index is 0.0144. The predicted molar refractivity (Wildman–Crippen MR) is 138 cm³/mol. The van der Waals surface area contributed by atoms with Crippen LogP contribution in [0.3, 0.4) is 0 Å². The van der Waals surface area contributed by atoms with Crippen molar-refractivity contribution in [3.63, 3.8) is 0 Å². The minimum Gasteiger partial charge on any atom is -0.481 e. The van der Waals surface area contributed by atoms with E-state index in [1.54, 1.807) is 13.0 Å². The highest BCUT2D eigenvalue weighted by Gasteiger charge is 2.60. The third-order valence-corrected chi connectivity index (χ3v) is 8.58. The maximum atomic E-state index is 15.3. The van der Waals surface area contributed by atoms with Crippen LogP contribution in [-0.4, -0.2) is 39.9 Å². The van der Waals surface area contributed by atoms with Gasteiger partial charge in [0.2, 0.25) is 5.88 Å². The molecule has 3 atom stereocenters. The van der Waals surface area contributed by atoms with Crippen molar-refractivity contribution in [3.05, 3.63) is 76.5 Å². The lowest BCUT2D eigenvalue weighted by molar-refractivity contribution is -0.139. The van der Waals surface area contributed by atoms with Crippen LogP contribution in [0.5, 0.6) is 5.88 Å². The van der Waals surface area contributed by atoms with Crippen LogP contribution in [0, 0.1) is 23.5 Å². The molecule has 1 saturated heterocycles. The average molecular weight is 575 g/mol. The maximum Gasteiger partial charge on any atom is 0.417 e. The molecule has 216 valence electrons. The van der Waals surface area contributed by atoms with Crippen molar-refractivity contribution in [1.29, 1.82) is 0 Å². The molecule has 6 rings (SSSR count). The molecule has 3 aromatic rings. The fraction of sp³-hybridized carbons (Fsp3) is 0.400. The van der Waals surface area contributed by atoms with Crippen molar-refractivity contribution in [2.24, 2.45) is 11.8 Å². The molecule has 2 aromatic carbocycles. The monoisotopic (exact) mass is 574 g/mol. The van der Waals surface area contributed by atoms with E-state index in [1.807, 2.05) is 4.90 Å². The van der Waals surface area contributed by atoms with E-state index in [2.05, 4.69) is 4.98 Å². The Morgan fingerprint density at radius 2 is 1.83 bits per heavy atom. The third-order valence-electron chi connectivity index (χ3n) is 8.58. The summed E-state index contributed by atoms with van der Waals surface area (Å²) in [6, 6.07) is 6.87. The number of ether oxygens (including phenoxy) is 1. The first-order chi connectivity index (χ1) is 19.3. The maximum absolute atomic E-state index is 15.3. The van der Waals surface area contributed by atoms with E-state index in [0.29, 0.717) is 44.1 Å². The van der Waals surface area contributed by atoms with Crippen molar-refractivity contribution in [3.8, 4) is 17.0 Å². The summed E-state index contributed by atoms with van der Waals surface area (Å²) >= 11 is 0. The van der Waals surface area contributed by atoms with Crippen molar-refractivity contribution in [1.82, 2.24) is 4.98 Å². The van der Waals surface area contributed by atoms with Gasteiger partial charge in [0.25, 0.3) is 0 Å². The Hall–Kier alpha value is -3.73. The van der Waals surface area contributed by atoms with Crippen LogP contribution in [0.4, 0.5) is 27.6 Å². The van der Waals surface area contributed by atoms with E-state index in [9.17, 15) is 32.6 Å². The highest BCUT2D eigenvalue weighted by atomic mass is 19.4. The Morgan fingerprint density at radius 1 is 1.10 bits per heavy atom. The van der Waals surface area contributed by atoms with Gasteiger partial charge in [-0.2, -0.15) is 13.2 Å². The molecule has 6 nitrogen and oxygen atoms in total. The molecule has 2 heterocycles. The Bertz CT molecular complexity index is 1530. The van der Waals surface area contributed by atoms with Crippen LogP contribution in [0.25, 0.3) is 11.1 Å². The first-order valence-electron chi connectivity index (χ1n) is 13.3. The van der Waals surface area contributed by atoms with Gasteiger partial charge in [0.05, 0.1) is 17.1 Å². The Labute approximate surface area is 232 Å². The van der Waals surface area contributed by atoms with Gasteiger partial charge in [0.15, 0.2) is 0 Å². The second-order valence-electron chi connectivity index (χ2n) is 11.4. The van der Waals surface area contributed by atoms with Crippen LogP contribution >= 0.6 is 0 Å². The fourth-order valence-electron chi connectivity index (χ4n) is 6.19. The molecule has 41 heavy (non-hydrogen) atoms. The van der Waals surface area contributed by atoms with Gasteiger partial charge in [-0.25, -0.2) is 13.8 Å². The summed E-state index contributed by atoms with van der Waals surface area (Å²) in [6.45, 7) is 2.22. The molecule has 11 heteroatoms. The number of fused-ring (bicyclic) bond motifs is 3. The number of carboxylic acid groups (broad SMARTS) is 1. The van der Waals surface area contributed by atoms with Crippen molar-refractivity contribution >= 4 is 11.7 Å². The number of alkyl halides is 3. The number of hydrogen-bond acceptors (Lipinski definition) is 5. The zero-order chi connectivity index (χ0) is 29.3. The SMILES string of the molecule is CC1(O)CCN(c2ccc(-c3cc(COc4cc5c(cn4)[C@H]4[C@@H](C5)[C@@H]4C(=O)O)c(F)cc3C(F)(F)F)c(F)c2)CC1. The number of aliphatic carboxylic acids is 1. The smallest absolute Gasteiger partial charge is 0.417 e. The van der Waals surface area contributed by atoms with Gasteiger partial charge in [0.1, 0.15) is 18.2 Å². The number of carbonyl (C=O) groups is 1. The normalized spacial score (nSPS) is 22.7. The average Bonchev–Trinajstić information content (AvgIpc) is 3.49. The number of aliphatic hydroxyl groups is 1. The Morgan fingerprint density at radius 3 is 2.49 bits per heavy atom. The Balaban J connectivity index is 1.25. The molecule has 1 aromatic heterocycles. The molecule has 2 N–H and O–H groups in total. The van der Waals surface area contributed by atoms with Crippen LogP contribution < -0.4 is 9.64 Å². The quantitative estimate of drug-likeness (QED) is 0.355. The lowest BCUT2D eigenvalue weighted by atomic mass is 9.93. The third kappa shape index (κ3) is 5.11. The molecule has 0 spiro atoms. The van der Waals surface area contributed by atoms with Gasteiger partial charge < -0.3 is 19.8 Å². The van der Waals surface area contributed by atoms with Crippen LogP contribution in [0.15, 0.2) is 42.6 Å². The summed E-state index contributed by atoms with van der Waals surface area (Å²) in [4.78, 5) is 17.3. The summed E-state index contributed by atoms with van der Waals surface area (Å²) in [5.41, 5.74) is -0.951. The second kappa shape index (κ2) is 9.68. The molecular weight excluding hydrogens is 547 g/mol. The van der Waals surface area contributed by atoms with Gasteiger partial charge in [-0.05, 0) is 79.1 Å². The van der Waals surface area contributed by atoms with Crippen LogP contribution in [0.1, 0.15) is 47.9 Å². The number of aromatic nitrogens is 1. The molecule has 3 aliphatic rings. The van der Waals surface area contributed by atoms with Crippen molar-refractivity contribution < 1.29 is 41.7 Å². The largest absolute Gasteiger partial charge is 0.481 e. The van der Waals surface area contributed by atoms with Crippen LogP contribution in [0.2, 0.25) is 0 Å². The number of pyridine rings is 1. The van der Waals surface area contributed by atoms with E-state index >= 15 is 4.39 Å². The van der Waals surface area contributed by atoms with Crippen molar-refractivity contribution in [2.75, 3.05) is 18.0 Å². The van der Waals surface area contributed by atoms with Gasteiger partial charge in [-0.3, -0.25) is 4.79 Å². The number of hydrogen-bond donors (Lipinski definition) is 2. The number of rotatable bonds is 6. The highest BCUT2D eigenvalue weighted by molar-refractivity contribution is 5.78. The number of nitrogens with zero attached hydrogens (tertiary/aromatic N) is 2. The lowest BCUT2D eigenvalue weighted by Crippen LogP contribution is -2.42. The van der Waals surface area contributed by atoms with E-state index in [1.165, 1.54) is 18.3 Å². The zero-order valence-corrected chi connectivity index (χ0v) is 22.0. The lowest BCUT2D eigenvalue weighted by Gasteiger charge is -2.37. The highest BCUT2D eigenvalue weighted by Crippen LogP contribution is 2.61. The molecule has 0 radical (unpaired) electrons. The van der Waals surface area contributed by atoms with Gasteiger partial charge in [0, 0.05) is 48.1 Å². The first-order valence-corrected chi connectivity index (χ1v) is 13.3. The number of piperidine rings is 1. The summed E-state index contributed by atoms with van der Waals surface area (Å²) in [7, 11) is 0. The summed E-state index contributed by atoms with van der Waals surface area (Å²) in [5, 5.41) is 19.4. The van der Waals surface area contributed by atoms with E-state index < -0.39 is 53.0 Å². The first kappa shape index (κ1) is 27.4. The summed E-state index contributed by atoms with van der Waals surface area (Å²) in [6.07, 6.45) is -1.90. The number of halogens is 5. The predicted octanol–water partition coefficient (Wildman–Crippen LogP) is 5.95. The fourth-order valence-corrected chi connectivity index (χ4v) is 6.19. The molecule has 1 saturated carbocycles. The number of benzene rings is 2. The molecule has 2 fully saturated rings. The van der Waals surface area contributed by atoms with Crippen molar-refractivity contribution in [2.45, 2.75) is 50.5 Å². The molecule has 0 amide bonds. The number of anilines is 1. The van der Waals surface area contributed by atoms with Gasteiger partial charge in [-0.1, -0.05) is 0 Å². The topological polar surface area (TPSA) is 82.9 Å².